The Labute approximate surface area is 192 Å². The molecule has 2 aromatic carbocycles. The van der Waals surface area contributed by atoms with Crippen LogP contribution in [0.25, 0.3) is 0 Å². The number of nitro benzene ring substituents is 1. The fourth-order valence-corrected chi connectivity index (χ4v) is 5.90. The number of anilines is 2. The number of carbonyl (C=O) groups excluding carboxylic acids is 1. The highest BCUT2D eigenvalue weighted by Crippen LogP contribution is 2.28. The zero-order chi connectivity index (χ0) is 24.4. The molecule has 1 N–H and O–H groups in total. The first-order valence-corrected chi connectivity index (χ1v) is 13.3. The van der Waals surface area contributed by atoms with Gasteiger partial charge in [-0.3, -0.25) is 19.2 Å². The molecule has 0 unspecified atom stereocenters. The highest BCUT2D eigenvalue weighted by Gasteiger charge is 2.27. The lowest BCUT2D eigenvalue weighted by Crippen LogP contribution is -2.37. The van der Waals surface area contributed by atoms with Gasteiger partial charge in [-0.05, 0) is 49.6 Å². The zero-order valence-corrected chi connectivity index (χ0v) is 19.7. The summed E-state index contributed by atoms with van der Waals surface area (Å²) in [5, 5.41) is 13.6. The van der Waals surface area contributed by atoms with Crippen LogP contribution in [-0.4, -0.2) is 57.9 Å². The van der Waals surface area contributed by atoms with Crippen molar-refractivity contribution in [3.05, 3.63) is 58.1 Å². The van der Waals surface area contributed by atoms with Gasteiger partial charge in [-0.1, -0.05) is 6.07 Å². The smallest absolute Gasteiger partial charge is 0.271 e. The third-order valence-electron chi connectivity index (χ3n) is 5.20. The van der Waals surface area contributed by atoms with E-state index in [1.54, 1.807) is 6.92 Å². The second-order valence-corrected chi connectivity index (χ2v) is 11.5. The van der Waals surface area contributed by atoms with Crippen molar-refractivity contribution in [2.24, 2.45) is 0 Å². The molecule has 33 heavy (non-hydrogen) atoms. The van der Waals surface area contributed by atoms with Gasteiger partial charge in [0.05, 0.1) is 21.8 Å². The predicted molar refractivity (Wildman–Crippen MR) is 123 cm³/mol. The van der Waals surface area contributed by atoms with Crippen molar-refractivity contribution in [1.29, 1.82) is 0 Å². The first kappa shape index (κ1) is 24.6. The van der Waals surface area contributed by atoms with E-state index < -0.39 is 37.4 Å². The van der Waals surface area contributed by atoms with Crippen LogP contribution in [0.15, 0.2) is 47.4 Å². The molecule has 2 aromatic rings. The molecule has 3 rings (SSSR count). The van der Waals surface area contributed by atoms with E-state index >= 15 is 0 Å². The Bertz CT molecular complexity index is 1270. The number of nitro groups is 1. The number of benzene rings is 2. The van der Waals surface area contributed by atoms with Crippen molar-refractivity contribution >= 4 is 43.0 Å². The Kier molecular flexibility index (Phi) is 7.05. The minimum atomic E-state index is -3.94. The van der Waals surface area contributed by atoms with Gasteiger partial charge in [0.2, 0.25) is 26.0 Å². The number of sulfonamides is 2. The number of hydrogen-bond donors (Lipinski definition) is 1. The quantitative estimate of drug-likeness (QED) is 0.435. The van der Waals surface area contributed by atoms with E-state index in [9.17, 15) is 31.7 Å². The third kappa shape index (κ3) is 5.67. The summed E-state index contributed by atoms with van der Waals surface area (Å²) in [6, 6.07) is 9.35. The summed E-state index contributed by atoms with van der Waals surface area (Å²) in [7, 11) is -7.54. The van der Waals surface area contributed by atoms with Crippen LogP contribution < -0.4 is 9.62 Å². The largest absolute Gasteiger partial charge is 0.325 e. The van der Waals surface area contributed by atoms with Crippen LogP contribution >= 0.6 is 0 Å². The van der Waals surface area contributed by atoms with E-state index in [1.165, 1.54) is 40.7 Å². The molecule has 1 aliphatic heterocycles. The fraction of sp³-hybridized carbons (Fsp3) is 0.350. The van der Waals surface area contributed by atoms with Crippen LogP contribution in [0.4, 0.5) is 17.1 Å². The van der Waals surface area contributed by atoms with Gasteiger partial charge in [0, 0.05) is 30.9 Å². The van der Waals surface area contributed by atoms with Crippen LogP contribution in [0, 0.1) is 17.0 Å². The minimum absolute atomic E-state index is 0.0221. The Hall–Kier alpha value is -3.03. The highest BCUT2D eigenvalue weighted by molar-refractivity contribution is 7.92. The number of hydrogen-bond acceptors (Lipinski definition) is 7. The van der Waals surface area contributed by atoms with E-state index in [2.05, 4.69) is 5.32 Å². The highest BCUT2D eigenvalue weighted by atomic mass is 32.2. The first-order valence-electron chi connectivity index (χ1n) is 10.0. The summed E-state index contributed by atoms with van der Waals surface area (Å²) < 4.78 is 52.1. The maximum Gasteiger partial charge on any atom is 0.271 e. The van der Waals surface area contributed by atoms with Gasteiger partial charge in [-0.25, -0.2) is 16.8 Å². The van der Waals surface area contributed by atoms with Gasteiger partial charge in [0.25, 0.3) is 5.69 Å². The van der Waals surface area contributed by atoms with Gasteiger partial charge >= 0.3 is 0 Å². The lowest BCUT2D eigenvalue weighted by Gasteiger charge is -2.23. The summed E-state index contributed by atoms with van der Waals surface area (Å²) in [6.07, 6.45) is 2.53. The van der Waals surface area contributed by atoms with Crippen molar-refractivity contribution in [3.63, 3.8) is 0 Å². The number of amides is 1. The molecule has 0 bridgehead atoms. The second kappa shape index (κ2) is 9.45. The standard InChI is InChI=1S/C20H24N4O7S2/c1-15-5-8-17(24(26)27)13-19(15)23(32(2,28)29)14-20(25)21-16-6-9-18(10-7-16)33(30,31)22-11-3-4-12-22/h5-10,13H,3-4,11-12,14H2,1-2H3,(H,21,25). The monoisotopic (exact) mass is 496 g/mol. The van der Waals surface area contributed by atoms with Crippen LogP contribution in [0.2, 0.25) is 0 Å². The second-order valence-electron chi connectivity index (χ2n) is 7.68. The van der Waals surface area contributed by atoms with Gasteiger partial charge in [-0.2, -0.15) is 4.31 Å². The molecule has 0 spiro atoms. The molecule has 13 heteroatoms. The zero-order valence-electron chi connectivity index (χ0n) is 18.1. The Morgan fingerprint density at radius 2 is 1.70 bits per heavy atom. The topological polar surface area (TPSA) is 147 Å². The van der Waals surface area contributed by atoms with Crippen molar-refractivity contribution in [3.8, 4) is 0 Å². The summed E-state index contributed by atoms with van der Waals surface area (Å²) in [6.45, 7) is 1.90. The molecule has 178 valence electrons. The summed E-state index contributed by atoms with van der Waals surface area (Å²) in [4.78, 5) is 23.1. The maximum atomic E-state index is 12.6. The van der Waals surface area contributed by atoms with Crippen LogP contribution in [0.3, 0.4) is 0 Å². The fourth-order valence-electron chi connectivity index (χ4n) is 3.48. The van der Waals surface area contributed by atoms with Gasteiger partial charge < -0.3 is 5.32 Å². The third-order valence-corrected chi connectivity index (χ3v) is 8.24. The predicted octanol–water partition coefficient (Wildman–Crippen LogP) is 2.09. The number of carbonyl (C=O) groups is 1. The molecule has 1 saturated heterocycles. The molecule has 0 saturated carbocycles. The van der Waals surface area contributed by atoms with E-state index in [4.69, 9.17) is 0 Å². The number of nitrogens with zero attached hydrogens (tertiary/aromatic N) is 3. The summed E-state index contributed by atoms with van der Waals surface area (Å²) in [5.41, 5.74) is 0.438. The Balaban J connectivity index is 1.78. The lowest BCUT2D eigenvalue weighted by molar-refractivity contribution is -0.384. The lowest BCUT2D eigenvalue weighted by atomic mass is 10.2. The molecule has 0 aliphatic carbocycles. The van der Waals surface area contributed by atoms with Crippen molar-refractivity contribution in [2.75, 3.05) is 35.5 Å². The molecule has 0 atom stereocenters. The average Bonchev–Trinajstić information content (AvgIpc) is 3.28. The molecular formula is C20H24N4O7S2. The molecule has 1 aliphatic rings. The normalized spacial score (nSPS) is 14.7. The van der Waals surface area contributed by atoms with Gasteiger partial charge in [0.1, 0.15) is 6.54 Å². The van der Waals surface area contributed by atoms with Crippen molar-refractivity contribution < 1.29 is 26.6 Å². The maximum absolute atomic E-state index is 12.6. The van der Waals surface area contributed by atoms with E-state index in [0.29, 0.717) is 18.7 Å². The molecule has 1 fully saturated rings. The molecule has 0 aromatic heterocycles. The SMILES string of the molecule is Cc1ccc([N+](=O)[O-])cc1N(CC(=O)Nc1ccc(S(=O)(=O)N2CCCC2)cc1)S(C)(=O)=O. The molecule has 1 amide bonds. The van der Waals surface area contributed by atoms with E-state index in [0.717, 1.165) is 29.5 Å². The van der Waals surface area contributed by atoms with Gasteiger partial charge in [0.15, 0.2) is 0 Å². The van der Waals surface area contributed by atoms with Crippen LogP contribution in [0.5, 0.6) is 0 Å². The minimum Gasteiger partial charge on any atom is -0.325 e. The Morgan fingerprint density at radius 3 is 2.24 bits per heavy atom. The summed E-state index contributed by atoms with van der Waals surface area (Å²) >= 11 is 0. The van der Waals surface area contributed by atoms with E-state index in [-0.39, 0.29) is 22.0 Å². The average molecular weight is 497 g/mol. The first-order chi connectivity index (χ1) is 15.4. The number of rotatable bonds is 8. The number of aryl methyl sites for hydroxylation is 1. The molecule has 1 heterocycles. The summed E-state index contributed by atoms with van der Waals surface area (Å²) in [5.74, 6) is -0.693. The molecule has 11 nitrogen and oxygen atoms in total. The Morgan fingerprint density at radius 1 is 1.09 bits per heavy atom. The van der Waals surface area contributed by atoms with Crippen molar-refractivity contribution in [2.45, 2.75) is 24.7 Å². The molecule has 0 radical (unpaired) electrons. The van der Waals surface area contributed by atoms with Gasteiger partial charge in [-0.15, -0.1) is 0 Å². The number of nitrogens with one attached hydrogen (secondary N) is 1. The van der Waals surface area contributed by atoms with E-state index in [1.807, 2.05) is 0 Å². The van der Waals surface area contributed by atoms with Crippen LogP contribution in [0.1, 0.15) is 18.4 Å². The van der Waals surface area contributed by atoms with Crippen LogP contribution in [-0.2, 0) is 24.8 Å². The molecular weight excluding hydrogens is 472 g/mol. The number of non-ortho nitro benzene ring substituents is 1. The van der Waals surface area contributed by atoms with Crippen molar-refractivity contribution in [1.82, 2.24) is 4.31 Å².